The summed E-state index contributed by atoms with van der Waals surface area (Å²) >= 11 is 1.34. The Hall–Kier alpha value is -3.43. The van der Waals surface area contributed by atoms with Crippen LogP contribution >= 0.6 is 11.3 Å². The molecule has 9 heteroatoms. The van der Waals surface area contributed by atoms with Crippen molar-refractivity contribution in [3.63, 3.8) is 0 Å². The molecule has 0 bridgehead atoms. The SMILES string of the molecule is CCCCc1nc2c(sc3nc(C)cc(COC)c32)c(=O)n1N=Cc1ccc(NC(C)=O)cc1. The molecule has 1 N–H and O–H groups in total. The van der Waals surface area contributed by atoms with E-state index < -0.39 is 0 Å². The number of aromatic nitrogens is 3. The van der Waals surface area contributed by atoms with Crippen molar-refractivity contribution in [2.45, 2.75) is 46.6 Å². The Kier molecular flexibility index (Phi) is 7.14. The third-order valence-electron chi connectivity index (χ3n) is 5.33. The van der Waals surface area contributed by atoms with Crippen LogP contribution in [0.4, 0.5) is 5.69 Å². The molecule has 0 unspecified atom stereocenters. The number of nitrogens with zero attached hydrogens (tertiary/aromatic N) is 4. The number of ether oxygens (including phenoxy) is 1. The number of methoxy groups -OCH3 is 1. The molecule has 0 atom stereocenters. The molecule has 0 saturated carbocycles. The van der Waals surface area contributed by atoms with Crippen molar-refractivity contribution in [3.8, 4) is 0 Å². The van der Waals surface area contributed by atoms with Gasteiger partial charge in [-0.25, -0.2) is 9.97 Å². The number of hydrogen-bond donors (Lipinski definition) is 1. The fraction of sp³-hybridized carbons (Fsp3) is 0.320. The van der Waals surface area contributed by atoms with Gasteiger partial charge < -0.3 is 10.1 Å². The summed E-state index contributed by atoms with van der Waals surface area (Å²) in [5, 5.41) is 8.12. The van der Waals surface area contributed by atoms with Crippen LogP contribution in [0.5, 0.6) is 0 Å². The molecule has 0 spiro atoms. The van der Waals surface area contributed by atoms with Gasteiger partial charge in [-0.15, -0.1) is 11.3 Å². The maximum absolute atomic E-state index is 13.5. The number of fused-ring (bicyclic) bond motifs is 3. The maximum atomic E-state index is 13.5. The van der Waals surface area contributed by atoms with Gasteiger partial charge in [0.2, 0.25) is 5.91 Å². The van der Waals surface area contributed by atoms with Gasteiger partial charge in [0, 0.05) is 37.2 Å². The molecule has 34 heavy (non-hydrogen) atoms. The lowest BCUT2D eigenvalue weighted by Crippen LogP contribution is -2.21. The summed E-state index contributed by atoms with van der Waals surface area (Å²) in [6.07, 6.45) is 4.14. The Balaban J connectivity index is 1.83. The highest BCUT2D eigenvalue weighted by Crippen LogP contribution is 2.33. The van der Waals surface area contributed by atoms with Crippen molar-refractivity contribution in [2.75, 3.05) is 12.4 Å². The summed E-state index contributed by atoms with van der Waals surface area (Å²) < 4.78 is 7.33. The summed E-state index contributed by atoms with van der Waals surface area (Å²) in [6, 6.07) is 9.24. The minimum absolute atomic E-state index is 0.130. The lowest BCUT2D eigenvalue weighted by Gasteiger charge is -2.08. The first-order valence-corrected chi connectivity index (χ1v) is 12.0. The lowest BCUT2D eigenvalue weighted by atomic mass is 10.1. The van der Waals surface area contributed by atoms with Crippen LogP contribution in [-0.2, 0) is 22.6 Å². The van der Waals surface area contributed by atoms with Crippen molar-refractivity contribution in [1.82, 2.24) is 14.6 Å². The normalized spacial score (nSPS) is 11.6. The molecule has 3 aromatic heterocycles. The predicted molar refractivity (Wildman–Crippen MR) is 137 cm³/mol. The zero-order chi connectivity index (χ0) is 24.2. The zero-order valence-corrected chi connectivity index (χ0v) is 20.5. The number of amides is 1. The molecular formula is C25H27N5O3S. The van der Waals surface area contributed by atoms with E-state index in [1.165, 1.54) is 22.9 Å². The smallest absolute Gasteiger partial charge is 0.292 e. The number of carbonyl (C=O) groups is 1. The van der Waals surface area contributed by atoms with Gasteiger partial charge in [0.15, 0.2) is 0 Å². The number of rotatable bonds is 8. The Bertz CT molecular complexity index is 1440. The molecule has 1 aromatic carbocycles. The molecule has 4 aromatic rings. The molecule has 0 aliphatic rings. The summed E-state index contributed by atoms with van der Waals surface area (Å²) in [4.78, 5) is 35.1. The van der Waals surface area contributed by atoms with Gasteiger partial charge in [-0.1, -0.05) is 25.5 Å². The number of benzene rings is 1. The Morgan fingerprint density at radius 3 is 2.71 bits per heavy atom. The predicted octanol–water partition coefficient (Wildman–Crippen LogP) is 4.64. The number of aryl methyl sites for hydroxylation is 2. The van der Waals surface area contributed by atoms with Crippen LogP contribution in [0, 0.1) is 6.92 Å². The lowest BCUT2D eigenvalue weighted by molar-refractivity contribution is -0.114. The number of carbonyl (C=O) groups excluding carboxylic acids is 1. The topological polar surface area (TPSA) is 98.5 Å². The number of anilines is 1. The fourth-order valence-electron chi connectivity index (χ4n) is 3.80. The van der Waals surface area contributed by atoms with Crippen LogP contribution in [0.15, 0.2) is 40.2 Å². The highest BCUT2D eigenvalue weighted by Gasteiger charge is 2.19. The molecule has 4 rings (SSSR count). The third kappa shape index (κ3) is 4.90. The first kappa shape index (κ1) is 23.7. The van der Waals surface area contributed by atoms with Crippen LogP contribution in [0.1, 0.15) is 49.3 Å². The van der Waals surface area contributed by atoms with E-state index in [2.05, 4.69) is 22.3 Å². The van der Waals surface area contributed by atoms with Crippen LogP contribution in [0.25, 0.3) is 20.4 Å². The van der Waals surface area contributed by atoms with Gasteiger partial charge in [-0.3, -0.25) is 9.59 Å². The van der Waals surface area contributed by atoms with Gasteiger partial charge in [-0.05, 0) is 42.7 Å². The van der Waals surface area contributed by atoms with Crippen molar-refractivity contribution < 1.29 is 9.53 Å². The first-order chi connectivity index (χ1) is 16.4. The largest absolute Gasteiger partial charge is 0.380 e. The van der Waals surface area contributed by atoms with E-state index in [1.807, 2.05) is 25.1 Å². The molecule has 0 radical (unpaired) electrons. The maximum Gasteiger partial charge on any atom is 0.292 e. The summed E-state index contributed by atoms with van der Waals surface area (Å²) in [5.41, 5.74) is 3.82. The molecule has 0 aliphatic heterocycles. The van der Waals surface area contributed by atoms with Crippen molar-refractivity contribution >= 4 is 49.6 Å². The van der Waals surface area contributed by atoms with Crippen molar-refractivity contribution in [3.05, 3.63) is 63.3 Å². The molecule has 0 aliphatic carbocycles. The Morgan fingerprint density at radius 1 is 1.26 bits per heavy atom. The van der Waals surface area contributed by atoms with E-state index >= 15 is 0 Å². The van der Waals surface area contributed by atoms with Crippen LogP contribution in [-0.4, -0.2) is 33.9 Å². The third-order valence-corrected chi connectivity index (χ3v) is 6.39. The van der Waals surface area contributed by atoms with Crippen LogP contribution in [0.2, 0.25) is 0 Å². The fourth-order valence-corrected chi connectivity index (χ4v) is 4.93. The molecule has 3 heterocycles. The average molecular weight is 478 g/mol. The summed E-state index contributed by atoms with van der Waals surface area (Å²) in [6.45, 7) is 5.92. The molecule has 0 fully saturated rings. The molecule has 8 nitrogen and oxygen atoms in total. The molecule has 1 amide bonds. The van der Waals surface area contributed by atoms with E-state index in [-0.39, 0.29) is 11.5 Å². The number of pyridine rings is 1. The van der Waals surface area contributed by atoms with Gasteiger partial charge in [0.1, 0.15) is 15.4 Å². The van der Waals surface area contributed by atoms with Gasteiger partial charge in [-0.2, -0.15) is 9.78 Å². The van der Waals surface area contributed by atoms with E-state index in [0.29, 0.717) is 34.8 Å². The van der Waals surface area contributed by atoms with Crippen molar-refractivity contribution in [2.24, 2.45) is 5.10 Å². The quantitative estimate of drug-likeness (QED) is 0.373. The van der Waals surface area contributed by atoms with Gasteiger partial charge in [0.25, 0.3) is 5.56 Å². The second-order valence-corrected chi connectivity index (χ2v) is 9.11. The second-order valence-electron chi connectivity index (χ2n) is 8.11. The highest BCUT2D eigenvalue weighted by molar-refractivity contribution is 7.25. The molecule has 176 valence electrons. The van der Waals surface area contributed by atoms with Crippen molar-refractivity contribution in [1.29, 1.82) is 0 Å². The Labute approximate surface area is 201 Å². The summed E-state index contributed by atoms with van der Waals surface area (Å²) in [5.74, 6) is 0.490. The minimum Gasteiger partial charge on any atom is -0.380 e. The van der Waals surface area contributed by atoms with E-state index in [9.17, 15) is 9.59 Å². The standard InChI is InChI=1S/C25H27N5O3S/c1-5-6-7-20-29-22-21-18(14-33-4)12-15(2)27-24(21)34-23(22)25(32)30(20)26-13-17-8-10-19(11-9-17)28-16(3)31/h8-13H,5-7,14H2,1-4H3,(H,28,31). The van der Waals surface area contributed by atoms with Gasteiger partial charge >= 0.3 is 0 Å². The summed E-state index contributed by atoms with van der Waals surface area (Å²) in [7, 11) is 1.65. The second kappa shape index (κ2) is 10.2. The first-order valence-electron chi connectivity index (χ1n) is 11.2. The number of unbranched alkanes of at least 4 members (excludes halogenated alkanes) is 1. The minimum atomic E-state index is -0.203. The number of nitrogens with one attached hydrogen (secondary N) is 1. The molecule has 0 saturated heterocycles. The van der Waals surface area contributed by atoms with Gasteiger partial charge in [0.05, 0.1) is 18.3 Å². The van der Waals surface area contributed by atoms with E-state index in [1.54, 1.807) is 25.5 Å². The zero-order valence-electron chi connectivity index (χ0n) is 19.7. The van der Waals surface area contributed by atoms with E-state index in [0.717, 1.165) is 39.9 Å². The van der Waals surface area contributed by atoms with E-state index in [4.69, 9.17) is 9.72 Å². The molecular weight excluding hydrogens is 450 g/mol. The van der Waals surface area contributed by atoms with Crippen LogP contribution < -0.4 is 10.9 Å². The monoisotopic (exact) mass is 477 g/mol. The number of hydrogen-bond acceptors (Lipinski definition) is 7. The number of thiophene rings is 1. The average Bonchev–Trinajstić information content (AvgIpc) is 3.16. The van der Waals surface area contributed by atoms with Crippen LogP contribution in [0.3, 0.4) is 0 Å². The Morgan fingerprint density at radius 2 is 2.03 bits per heavy atom. The highest BCUT2D eigenvalue weighted by atomic mass is 32.1.